The number of carbonyl (C=O) groups is 6. The van der Waals surface area contributed by atoms with Crippen LogP contribution in [0.1, 0.15) is 55.6 Å². The average molecular weight is 1470 g/mol. The van der Waals surface area contributed by atoms with Crippen molar-refractivity contribution in [2.45, 2.75) is 87.8 Å². The van der Waals surface area contributed by atoms with Gasteiger partial charge in [0.2, 0.25) is 35.3 Å². The Balaban J connectivity index is 0.977. The molecule has 6 atom stereocenters. The van der Waals surface area contributed by atoms with Crippen molar-refractivity contribution in [1.82, 2.24) is 0 Å². The van der Waals surface area contributed by atoms with E-state index >= 15 is 4.79 Å². The van der Waals surface area contributed by atoms with Crippen molar-refractivity contribution in [3.8, 4) is 23.0 Å². The Kier molecular flexibility index (Phi) is 23.8. The fourth-order valence-corrected chi connectivity index (χ4v) is 12.4. The lowest BCUT2D eigenvalue weighted by Gasteiger charge is -2.63. The van der Waals surface area contributed by atoms with Crippen molar-refractivity contribution in [1.29, 1.82) is 0 Å². The molecule has 10 rings (SSSR count). The number of benzene rings is 6. The van der Waals surface area contributed by atoms with Crippen LogP contribution in [-0.2, 0) is 131 Å². The van der Waals surface area contributed by atoms with Gasteiger partial charge in [-0.2, -0.15) is 52.7 Å². The summed E-state index contributed by atoms with van der Waals surface area (Å²) >= 11 is 0. The number of rotatable bonds is 28. The summed E-state index contributed by atoms with van der Waals surface area (Å²) in [5.74, 6) is -15.4. The van der Waals surface area contributed by atoms with Crippen LogP contribution >= 0.6 is 0 Å². The quantitative estimate of drug-likeness (QED) is 0.0147. The second-order valence-corrected chi connectivity index (χ2v) is 23.8. The number of hydrogen-bond acceptors (Lipinski definition) is 18. The predicted molar refractivity (Wildman–Crippen MR) is 339 cm³/mol. The molecule has 552 valence electrons. The molecule has 4 aliphatic rings. The maximum atomic E-state index is 15.0. The van der Waals surface area contributed by atoms with Gasteiger partial charge in [0.1, 0.15) is 26.4 Å². The van der Waals surface area contributed by atoms with E-state index in [-0.39, 0.29) is 77.3 Å². The lowest BCUT2D eigenvalue weighted by atomic mass is 9.44. The number of alkyl halides is 12. The highest BCUT2D eigenvalue weighted by Gasteiger charge is 2.75. The van der Waals surface area contributed by atoms with E-state index in [2.05, 4.69) is 0 Å². The lowest BCUT2D eigenvalue weighted by Crippen LogP contribution is -2.74. The largest absolute Gasteiger partial charge is 0.485 e. The monoisotopic (exact) mass is 1470 g/mol. The molecule has 2 bridgehead atoms. The molecular formula is C74H64F12O18. The third-order valence-electron chi connectivity index (χ3n) is 17.6. The number of esters is 4. The van der Waals surface area contributed by atoms with Crippen LogP contribution in [0.2, 0.25) is 0 Å². The van der Waals surface area contributed by atoms with Gasteiger partial charge < -0.3 is 56.8 Å². The molecule has 1 fully saturated rings. The number of methoxy groups -OCH3 is 6. The van der Waals surface area contributed by atoms with Gasteiger partial charge in [0, 0.05) is 64.8 Å². The third-order valence-corrected chi connectivity index (χ3v) is 17.6. The SMILES string of the molecule is COC(=O)[C@@H](Cc1ccc(OCc2ccc(C(F)(F)F)cc2)c(OCc2ccc(C(F)(F)F)cc2)c1)OC(=O)/C=C/C1=CC2C(=O)C(OC)(OC)C1C1C(OC)(OC)C(=O)C=CC21/C=C/C(=O)O[C@H](Cc1ccc(OCc2ccc(C(F)(F)F)cc2)c(OCc2ccc(C(F)(F)F)cc2)c1)C(=O)OC. The number of halogens is 12. The summed E-state index contributed by atoms with van der Waals surface area (Å²) < 4.78 is 229. The van der Waals surface area contributed by atoms with Gasteiger partial charge in [-0.05, 0) is 118 Å². The highest BCUT2D eigenvalue weighted by atomic mass is 19.4. The molecule has 104 heavy (non-hydrogen) atoms. The van der Waals surface area contributed by atoms with Gasteiger partial charge in [-0.3, -0.25) is 9.59 Å². The van der Waals surface area contributed by atoms with Crippen LogP contribution in [-0.4, -0.2) is 102 Å². The van der Waals surface area contributed by atoms with E-state index < -0.39 is 142 Å². The maximum absolute atomic E-state index is 15.0. The van der Waals surface area contributed by atoms with Gasteiger partial charge in [0.05, 0.1) is 48.3 Å². The van der Waals surface area contributed by atoms with Crippen molar-refractivity contribution in [2.24, 2.45) is 23.2 Å². The molecule has 6 aromatic carbocycles. The lowest BCUT2D eigenvalue weighted by molar-refractivity contribution is -0.305. The highest BCUT2D eigenvalue weighted by molar-refractivity contribution is 6.02. The zero-order chi connectivity index (χ0) is 75.7. The smallest absolute Gasteiger partial charge is 0.416 e. The molecule has 0 radical (unpaired) electrons. The zero-order valence-corrected chi connectivity index (χ0v) is 55.8. The molecule has 0 N–H and O–H groups in total. The molecule has 1 saturated carbocycles. The zero-order valence-electron chi connectivity index (χ0n) is 55.8. The summed E-state index contributed by atoms with van der Waals surface area (Å²) in [6.07, 6.45) is -14.9. The van der Waals surface area contributed by atoms with Gasteiger partial charge in [0.25, 0.3) is 0 Å². The van der Waals surface area contributed by atoms with E-state index in [0.717, 1.165) is 109 Å². The fraction of sp³-hybridized carbons (Fsp3) is 0.324. The summed E-state index contributed by atoms with van der Waals surface area (Å²) in [7, 11) is 6.52. The van der Waals surface area contributed by atoms with E-state index in [4.69, 9.17) is 56.8 Å². The standard InChI is InChI=1S/C74H64F12O18/c1-93-66(91)58(35-46-15-26-54(99-38-42-7-18-49(19-8-42)71(75,76)77)56(33-46)101-40-44-11-22-51(23-12-44)73(81,82)83)103-61(88)28-17-48-37-53-65(90)70(97-5,98-6)63(48)64-68(53,31-29-60(87)69(64,95-3)96-4)32-30-62(89)104-59(67(92)94-2)36-47-16-27-55(100-39-43-9-20-50(21-10-43)72(78,79)80)57(34-47)102-41-45-13-24-52(25-14-45)74(84,85)86/h7-34,37,53,58-59,63-64H,35-36,38-41H2,1-6H3/b28-17+,32-30+/t53?,58-,59-,63?,64?,68?/m1/s1. The van der Waals surface area contributed by atoms with E-state index in [1.165, 1.54) is 109 Å². The Labute approximate surface area is 585 Å². The Morgan fingerprint density at radius 1 is 0.442 bits per heavy atom. The normalized spacial score (nSPS) is 19.0. The first-order valence-corrected chi connectivity index (χ1v) is 31.2. The van der Waals surface area contributed by atoms with E-state index in [0.29, 0.717) is 11.1 Å². The molecule has 4 aliphatic carbocycles. The molecule has 30 heteroatoms. The minimum atomic E-state index is -4.64. The second-order valence-electron chi connectivity index (χ2n) is 23.8. The number of fused-ring (bicyclic) bond motifs is 1. The van der Waals surface area contributed by atoms with Gasteiger partial charge in [-0.25, -0.2) is 19.2 Å². The van der Waals surface area contributed by atoms with Crippen LogP contribution < -0.4 is 18.9 Å². The average Bonchev–Trinajstić information content (AvgIpc) is 0.669. The molecule has 4 unspecified atom stereocenters. The highest BCUT2D eigenvalue weighted by Crippen LogP contribution is 2.65. The second kappa shape index (κ2) is 31.7. The van der Waals surface area contributed by atoms with Crippen LogP contribution in [0.3, 0.4) is 0 Å². The van der Waals surface area contributed by atoms with Crippen molar-refractivity contribution >= 4 is 35.4 Å². The fourth-order valence-electron chi connectivity index (χ4n) is 12.4. The van der Waals surface area contributed by atoms with Gasteiger partial charge in [-0.15, -0.1) is 0 Å². The summed E-state index contributed by atoms with van der Waals surface area (Å²) in [6, 6.07) is 24.6. The molecule has 6 aromatic rings. The molecular weight excluding hydrogens is 1400 g/mol. The van der Waals surface area contributed by atoms with Crippen LogP contribution in [0.4, 0.5) is 52.7 Å². The van der Waals surface area contributed by atoms with E-state index in [1.807, 2.05) is 0 Å². The van der Waals surface area contributed by atoms with E-state index in [1.54, 1.807) is 0 Å². The van der Waals surface area contributed by atoms with Crippen LogP contribution in [0.25, 0.3) is 0 Å². The molecule has 0 aromatic heterocycles. The molecule has 0 saturated heterocycles. The number of carbonyl (C=O) groups excluding carboxylic acids is 6. The molecule has 0 heterocycles. The number of Topliss-reactive ketones (excluding diaryl/α,β-unsaturated/α-hetero) is 1. The number of ketones is 2. The van der Waals surface area contributed by atoms with Crippen LogP contribution in [0.15, 0.2) is 182 Å². The Morgan fingerprint density at radius 3 is 1.12 bits per heavy atom. The van der Waals surface area contributed by atoms with Crippen LogP contribution in [0, 0.1) is 23.2 Å². The first-order valence-electron chi connectivity index (χ1n) is 31.2. The number of hydrogen-bond donors (Lipinski definition) is 0. The minimum Gasteiger partial charge on any atom is -0.485 e. The minimum absolute atomic E-state index is 0.00300. The van der Waals surface area contributed by atoms with Crippen molar-refractivity contribution in [3.05, 3.63) is 237 Å². The first-order chi connectivity index (χ1) is 49.1. The molecule has 18 nitrogen and oxygen atoms in total. The summed E-state index contributed by atoms with van der Waals surface area (Å²) in [6.45, 7) is -1.24. The van der Waals surface area contributed by atoms with Gasteiger partial charge in [-0.1, -0.05) is 85.0 Å². The molecule has 0 spiro atoms. The summed E-state index contributed by atoms with van der Waals surface area (Å²) in [4.78, 5) is 84.6. The molecule has 0 amide bonds. The first kappa shape index (κ1) is 77.8. The van der Waals surface area contributed by atoms with E-state index in [9.17, 15) is 76.7 Å². The summed E-state index contributed by atoms with van der Waals surface area (Å²) in [5, 5.41) is 0. The van der Waals surface area contributed by atoms with Crippen molar-refractivity contribution in [3.63, 3.8) is 0 Å². The summed E-state index contributed by atoms with van der Waals surface area (Å²) in [5.41, 5.74) is -3.82. The van der Waals surface area contributed by atoms with Crippen LogP contribution in [0.5, 0.6) is 23.0 Å². The number of ether oxygens (including phenoxy) is 12. The number of allylic oxidation sites excluding steroid dienone is 4. The topological polar surface area (TPSA) is 213 Å². The third kappa shape index (κ3) is 17.3. The predicted octanol–water partition coefficient (Wildman–Crippen LogP) is 13.6. The Morgan fingerprint density at radius 2 is 0.779 bits per heavy atom. The Hall–Kier alpha value is -10.3. The van der Waals surface area contributed by atoms with Crippen molar-refractivity contribution in [2.75, 3.05) is 42.7 Å². The molecule has 0 aliphatic heterocycles. The maximum Gasteiger partial charge on any atom is 0.416 e. The van der Waals surface area contributed by atoms with Gasteiger partial charge >= 0.3 is 48.6 Å². The van der Waals surface area contributed by atoms with Gasteiger partial charge in [0.15, 0.2) is 23.0 Å². The van der Waals surface area contributed by atoms with Crippen molar-refractivity contribution < 1.29 is 138 Å². The Bertz CT molecular complexity index is 4230.